The monoisotopic (exact) mass is 458 g/mol. The van der Waals surface area contributed by atoms with Crippen LogP contribution in [-0.4, -0.2) is 56.8 Å². The van der Waals surface area contributed by atoms with E-state index in [1.54, 1.807) is 0 Å². The molecule has 2 aromatic rings. The number of hydrogen-bond donors (Lipinski definition) is 1. The molecule has 0 radical (unpaired) electrons. The van der Waals surface area contributed by atoms with E-state index in [-0.39, 0.29) is 18.1 Å². The molecule has 1 amide bonds. The molecule has 32 heavy (non-hydrogen) atoms. The van der Waals surface area contributed by atoms with E-state index in [2.05, 4.69) is 42.6 Å². The number of amides is 1. The van der Waals surface area contributed by atoms with Gasteiger partial charge in [-0.2, -0.15) is 0 Å². The summed E-state index contributed by atoms with van der Waals surface area (Å²) in [6.45, 7) is 7.16. The molecule has 0 spiro atoms. The van der Waals surface area contributed by atoms with Crippen molar-refractivity contribution in [3.05, 3.63) is 58.6 Å². The molecule has 1 heterocycles. The molecule has 1 aliphatic rings. The summed E-state index contributed by atoms with van der Waals surface area (Å²) in [4.78, 5) is 14.6. The average molecular weight is 459 g/mol. The molecule has 6 heteroatoms. The van der Waals surface area contributed by atoms with Gasteiger partial charge >= 0.3 is 0 Å². The summed E-state index contributed by atoms with van der Waals surface area (Å²) in [5.74, 6) is 0.172. The fourth-order valence-corrected chi connectivity index (χ4v) is 4.56. The summed E-state index contributed by atoms with van der Waals surface area (Å²) in [7, 11) is 1.90. The third-order valence-corrected chi connectivity index (χ3v) is 6.24. The van der Waals surface area contributed by atoms with Crippen molar-refractivity contribution < 1.29 is 14.3 Å². The minimum atomic E-state index is -0.313. The summed E-state index contributed by atoms with van der Waals surface area (Å²) < 4.78 is 12.4. The van der Waals surface area contributed by atoms with Crippen LogP contribution in [0.25, 0.3) is 11.1 Å². The Bertz CT molecular complexity index is 889. The van der Waals surface area contributed by atoms with Crippen LogP contribution >= 0.6 is 11.6 Å². The van der Waals surface area contributed by atoms with Crippen molar-refractivity contribution in [2.24, 2.45) is 0 Å². The Labute approximate surface area is 197 Å². The van der Waals surface area contributed by atoms with Crippen LogP contribution in [0.15, 0.2) is 42.5 Å². The Morgan fingerprint density at radius 1 is 1.28 bits per heavy atom. The van der Waals surface area contributed by atoms with E-state index in [0.717, 1.165) is 36.1 Å². The highest BCUT2D eigenvalue weighted by atomic mass is 35.5. The van der Waals surface area contributed by atoms with Crippen LogP contribution in [-0.2, 0) is 20.7 Å². The second kappa shape index (κ2) is 12.4. The van der Waals surface area contributed by atoms with E-state index < -0.39 is 0 Å². The fraction of sp³-hybridized carbons (Fsp3) is 0.500. The Morgan fingerprint density at radius 2 is 2.09 bits per heavy atom. The Hall–Kier alpha value is -1.92. The third-order valence-electron chi connectivity index (χ3n) is 5.92. The van der Waals surface area contributed by atoms with Crippen molar-refractivity contribution in [3.63, 3.8) is 0 Å². The summed E-state index contributed by atoms with van der Waals surface area (Å²) >= 11 is 6.73. The number of halogens is 1. The van der Waals surface area contributed by atoms with Gasteiger partial charge in [0.25, 0.3) is 0 Å². The number of ether oxygens (including phenoxy) is 2. The second-order valence-corrected chi connectivity index (χ2v) is 8.50. The lowest BCUT2D eigenvalue weighted by atomic mass is 9.92. The molecule has 2 atom stereocenters. The van der Waals surface area contributed by atoms with Crippen molar-refractivity contribution in [3.8, 4) is 11.1 Å². The molecule has 174 valence electrons. The molecular weight excluding hydrogens is 424 g/mol. The smallest absolute Gasteiger partial charge is 0.222 e. The van der Waals surface area contributed by atoms with Gasteiger partial charge in [0.05, 0.1) is 6.61 Å². The predicted octanol–water partition coefficient (Wildman–Crippen LogP) is 4.87. The van der Waals surface area contributed by atoms with Crippen molar-refractivity contribution in [1.82, 2.24) is 10.2 Å². The molecule has 1 aliphatic heterocycles. The van der Waals surface area contributed by atoms with Gasteiger partial charge in [-0.3, -0.25) is 4.79 Å². The molecule has 0 aliphatic carbocycles. The summed E-state index contributed by atoms with van der Waals surface area (Å²) in [5.41, 5.74) is 4.31. The summed E-state index contributed by atoms with van der Waals surface area (Å²) in [6, 6.07) is 14.4. The maximum Gasteiger partial charge on any atom is 0.222 e. The largest absolute Gasteiger partial charge is 0.371 e. The van der Waals surface area contributed by atoms with E-state index in [1.165, 1.54) is 5.56 Å². The highest BCUT2D eigenvalue weighted by Crippen LogP contribution is 2.39. The number of morpholine rings is 1. The maximum atomic E-state index is 12.7. The van der Waals surface area contributed by atoms with Crippen LogP contribution in [0.2, 0.25) is 5.02 Å². The van der Waals surface area contributed by atoms with Crippen molar-refractivity contribution in [2.75, 3.05) is 39.9 Å². The van der Waals surface area contributed by atoms with Gasteiger partial charge in [-0.25, -0.2) is 0 Å². The van der Waals surface area contributed by atoms with E-state index in [9.17, 15) is 4.79 Å². The zero-order valence-electron chi connectivity index (χ0n) is 19.4. The van der Waals surface area contributed by atoms with Crippen LogP contribution in [0.3, 0.4) is 0 Å². The second-order valence-electron chi connectivity index (χ2n) is 8.09. The van der Waals surface area contributed by atoms with Crippen LogP contribution in [0.4, 0.5) is 0 Å². The van der Waals surface area contributed by atoms with E-state index >= 15 is 0 Å². The first-order valence-corrected chi connectivity index (χ1v) is 12.0. The lowest BCUT2D eigenvalue weighted by Gasteiger charge is -2.37. The molecule has 1 saturated heterocycles. The van der Waals surface area contributed by atoms with Crippen LogP contribution in [0.5, 0.6) is 0 Å². The lowest BCUT2D eigenvalue weighted by Crippen LogP contribution is -2.48. The average Bonchev–Trinajstić information content (AvgIpc) is 2.82. The molecule has 1 N–H and O–H groups in total. The number of nitrogens with one attached hydrogen (secondary N) is 1. The molecule has 0 aromatic heterocycles. The van der Waals surface area contributed by atoms with Crippen molar-refractivity contribution >= 4 is 17.5 Å². The minimum absolute atomic E-state index is 0.172. The normalized spacial score (nSPS) is 17.4. The third kappa shape index (κ3) is 6.10. The highest BCUT2D eigenvalue weighted by molar-refractivity contribution is 6.33. The number of nitrogens with zero attached hydrogens (tertiary/aromatic N) is 1. The maximum absolute atomic E-state index is 12.7. The minimum Gasteiger partial charge on any atom is -0.371 e. The van der Waals surface area contributed by atoms with E-state index in [1.807, 2.05) is 31.0 Å². The molecule has 0 saturated carbocycles. The van der Waals surface area contributed by atoms with Gasteiger partial charge in [0.15, 0.2) is 0 Å². The number of benzene rings is 2. The number of carbonyl (C=O) groups is 1. The molecule has 0 bridgehead atoms. The molecule has 5 nitrogen and oxygen atoms in total. The van der Waals surface area contributed by atoms with Gasteiger partial charge < -0.3 is 19.7 Å². The van der Waals surface area contributed by atoms with Gasteiger partial charge in [0.1, 0.15) is 12.2 Å². The number of rotatable bonds is 10. The number of hydrogen-bond acceptors (Lipinski definition) is 4. The highest BCUT2D eigenvalue weighted by Gasteiger charge is 2.33. The van der Waals surface area contributed by atoms with E-state index in [0.29, 0.717) is 37.7 Å². The van der Waals surface area contributed by atoms with Crippen molar-refractivity contribution in [2.45, 2.75) is 45.3 Å². The van der Waals surface area contributed by atoms with Gasteiger partial charge in [-0.05, 0) is 56.1 Å². The Balaban J connectivity index is 1.90. The molecular formula is C26H35ClN2O3. The number of aryl methyl sites for hydroxylation is 1. The topological polar surface area (TPSA) is 50.8 Å². The first kappa shape index (κ1) is 24.7. The van der Waals surface area contributed by atoms with Gasteiger partial charge in [0, 0.05) is 36.7 Å². The van der Waals surface area contributed by atoms with Crippen LogP contribution in [0, 0.1) is 0 Å². The zero-order valence-corrected chi connectivity index (χ0v) is 20.2. The SMILES string of the molecule is CCOC(c1cccc(Cl)c1-c1cccc(CC)c1)C1CN(C(=O)CCCNC)CCO1. The lowest BCUT2D eigenvalue weighted by molar-refractivity contribution is -0.148. The molecule has 2 unspecified atom stereocenters. The standard InChI is InChI=1S/C26H35ClN2O3/c1-4-19-9-6-10-20(17-19)25-21(11-7-12-22(25)27)26(31-5-2)23-18-29(15-16-32-23)24(30)13-8-14-28-3/h6-7,9-12,17,23,26,28H,4-5,8,13-16,18H2,1-3H3. The summed E-state index contributed by atoms with van der Waals surface area (Å²) in [5, 5.41) is 3.79. The van der Waals surface area contributed by atoms with Crippen molar-refractivity contribution in [1.29, 1.82) is 0 Å². The van der Waals surface area contributed by atoms with Crippen LogP contribution < -0.4 is 5.32 Å². The fourth-order valence-electron chi connectivity index (χ4n) is 4.27. The van der Waals surface area contributed by atoms with Gasteiger partial charge in [-0.15, -0.1) is 0 Å². The van der Waals surface area contributed by atoms with E-state index in [4.69, 9.17) is 21.1 Å². The Kier molecular flexibility index (Phi) is 9.54. The first-order valence-electron chi connectivity index (χ1n) is 11.6. The Morgan fingerprint density at radius 3 is 2.84 bits per heavy atom. The number of carbonyl (C=O) groups excluding carboxylic acids is 1. The van der Waals surface area contributed by atoms with Gasteiger partial charge in [-0.1, -0.05) is 54.9 Å². The zero-order chi connectivity index (χ0) is 22.9. The van der Waals surface area contributed by atoms with Gasteiger partial charge in [0.2, 0.25) is 5.91 Å². The quantitative estimate of drug-likeness (QED) is 0.516. The molecule has 2 aromatic carbocycles. The molecule has 3 rings (SSSR count). The first-order chi connectivity index (χ1) is 15.6. The molecule has 1 fully saturated rings. The summed E-state index contributed by atoms with van der Waals surface area (Å²) in [6.07, 6.45) is 1.77. The van der Waals surface area contributed by atoms with Crippen LogP contribution in [0.1, 0.15) is 43.9 Å². The predicted molar refractivity (Wildman–Crippen MR) is 130 cm³/mol.